The van der Waals surface area contributed by atoms with Crippen LogP contribution in [0, 0.1) is 17.3 Å². The summed E-state index contributed by atoms with van der Waals surface area (Å²) in [6, 6.07) is 0. The molecule has 84 valence electrons. The van der Waals surface area contributed by atoms with Gasteiger partial charge in [0.25, 0.3) is 0 Å². The average Bonchev–Trinajstić information content (AvgIpc) is 2.15. The summed E-state index contributed by atoms with van der Waals surface area (Å²) in [6.45, 7) is 0. The lowest BCUT2D eigenvalue weighted by atomic mass is 9.54. The molecule has 0 radical (unpaired) electrons. The lowest BCUT2D eigenvalue weighted by Crippen LogP contribution is -2.55. The fraction of sp³-hybridized carbons (Fsp3) is 0.818. The number of hydrogen-bond acceptors (Lipinski definition) is 2. The molecule has 0 saturated heterocycles. The largest absolute Gasteiger partial charge is 0.480 e. The Kier molecular flexibility index (Phi) is 2.44. The van der Waals surface area contributed by atoms with Crippen molar-refractivity contribution in [2.45, 2.75) is 38.5 Å². The van der Waals surface area contributed by atoms with Gasteiger partial charge < -0.3 is 10.2 Å². The second-order valence-electron chi connectivity index (χ2n) is 4.73. The first-order chi connectivity index (χ1) is 7.10. The Balaban J connectivity index is 2.44. The van der Waals surface area contributed by atoms with Crippen LogP contribution in [0.1, 0.15) is 38.5 Å². The predicted molar refractivity (Wildman–Crippen MR) is 52.4 cm³/mol. The maximum atomic E-state index is 11.4. The molecule has 2 bridgehead atoms. The average molecular weight is 212 g/mol. The minimum atomic E-state index is -1.48. The van der Waals surface area contributed by atoms with E-state index in [1.807, 2.05) is 0 Å². The molecule has 15 heavy (non-hydrogen) atoms. The molecule has 0 aromatic heterocycles. The summed E-state index contributed by atoms with van der Waals surface area (Å²) < 4.78 is 0. The third-order valence-corrected chi connectivity index (χ3v) is 4.21. The number of rotatable bonds is 2. The number of carboxylic acid groups (broad SMARTS) is 2. The standard InChI is InChI=1S/C11H16O4/c12-9(13)11(10(14)15)7-3-1-4-8(11)6-2-5-7/h7-8H,1-6H2,(H,12,13)(H,14,15). The minimum Gasteiger partial charge on any atom is -0.480 e. The lowest BCUT2D eigenvalue weighted by molar-refractivity contribution is -0.182. The van der Waals surface area contributed by atoms with Crippen LogP contribution in [0.25, 0.3) is 0 Å². The molecular formula is C11H16O4. The highest BCUT2D eigenvalue weighted by atomic mass is 16.4. The van der Waals surface area contributed by atoms with Gasteiger partial charge in [0, 0.05) is 0 Å². The van der Waals surface area contributed by atoms with Crippen LogP contribution in [-0.4, -0.2) is 22.2 Å². The van der Waals surface area contributed by atoms with Crippen molar-refractivity contribution < 1.29 is 19.8 Å². The van der Waals surface area contributed by atoms with E-state index < -0.39 is 17.4 Å². The molecule has 2 fully saturated rings. The number of carboxylic acids is 2. The van der Waals surface area contributed by atoms with Gasteiger partial charge in [-0.3, -0.25) is 9.59 Å². The van der Waals surface area contributed by atoms with E-state index in [-0.39, 0.29) is 11.8 Å². The Morgan fingerprint density at radius 3 is 1.40 bits per heavy atom. The van der Waals surface area contributed by atoms with E-state index in [0.29, 0.717) is 0 Å². The van der Waals surface area contributed by atoms with E-state index in [9.17, 15) is 19.8 Å². The number of aliphatic carboxylic acids is 2. The van der Waals surface area contributed by atoms with Crippen LogP contribution in [0.5, 0.6) is 0 Å². The zero-order chi connectivity index (χ0) is 11.1. The fourth-order valence-corrected chi connectivity index (χ4v) is 3.54. The molecule has 0 spiro atoms. The number of fused-ring (bicyclic) bond motifs is 2. The molecule has 2 N–H and O–H groups in total. The van der Waals surface area contributed by atoms with Gasteiger partial charge in [0.1, 0.15) is 0 Å². The molecule has 0 aromatic carbocycles. The predicted octanol–water partition coefficient (Wildman–Crippen LogP) is 1.74. The van der Waals surface area contributed by atoms with Crippen LogP contribution in [0.4, 0.5) is 0 Å². The molecule has 2 aliphatic rings. The van der Waals surface area contributed by atoms with Crippen molar-refractivity contribution in [2.24, 2.45) is 17.3 Å². The molecule has 0 aliphatic heterocycles. The van der Waals surface area contributed by atoms with Crippen LogP contribution in [0.3, 0.4) is 0 Å². The van der Waals surface area contributed by atoms with Crippen molar-refractivity contribution in [1.82, 2.24) is 0 Å². The summed E-state index contributed by atoms with van der Waals surface area (Å²) in [6.07, 6.45) is 5.00. The Morgan fingerprint density at radius 1 is 0.867 bits per heavy atom. The molecular weight excluding hydrogens is 196 g/mol. The van der Waals surface area contributed by atoms with Gasteiger partial charge in [-0.1, -0.05) is 12.8 Å². The lowest BCUT2D eigenvalue weighted by Gasteiger charge is -2.47. The van der Waals surface area contributed by atoms with E-state index in [1.165, 1.54) is 0 Å². The van der Waals surface area contributed by atoms with E-state index in [0.717, 1.165) is 38.5 Å². The maximum Gasteiger partial charge on any atom is 0.321 e. The topological polar surface area (TPSA) is 74.6 Å². The van der Waals surface area contributed by atoms with Gasteiger partial charge in [-0.05, 0) is 37.5 Å². The zero-order valence-corrected chi connectivity index (χ0v) is 8.61. The Morgan fingerprint density at radius 2 is 1.20 bits per heavy atom. The van der Waals surface area contributed by atoms with Gasteiger partial charge in [0.2, 0.25) is 0 Å². The Hall–Kier alpha value is -1.06. The zero-order valence-electron chi connectivity index (χ0n) is 8.61. The molecule has 0 unspecified atom stereocenters. The third-order valence-electron chi connectivity index (χ3n) is 4.21. The smallest absolute Gasteiger partial charge is 0.321 e. The quantitative estimate of drug-likeness (QED) is 0.684. The molecule has 4 heteroatoms. The molecule has 0 amide bonds. The van der Waals surface area contributed by atoms with E-state index >= 15 is 0 Å². The second-order valence-corrected chi connectivity index (χ2v) is 4.73. The van der Waals surface area contributed by atoms with Gasteiger partial charge in [-0.15, -0.1) is 0 Å². The summed E-state index contributed by atoms with van der Waals surface area (Å²) in [7, 11) is 0. The van der Waals surface area contributed by atoms with E-state index in [4.69, 9.17) is 0 Å². The van der Waals surface area contributed by atoms with Gasteiger partial charge in [-0.25, -0.2) is 0 Å². The van der Waals surface area contributed by atoms with Crippen LogP contribution in [-0.2, 0) is 9.59 Å². The minimum absolute atomic E-state index is 0.153. The molecule has 2 saturated carbocycles. The third kappa shape index (κ3) is 1.27. The summed E-state index contributed by atoms with van der Waals surface area (Å²) in [5.41, 5.74) is -1.48. The van der Waals surface area contributed by atoms with Gasteiger partial charge in [0.05, 0.1) is 0 Å². The van der Waals surface area contributed by atoms with Crippen LogP contribution < -0.4 is 0 Å². The van der Waals surface area contributed by atoms with Crippen molar-refractivity contribution in [3.63, 3.8) is 0 Å². The van der Waals surface area contributed by atoms with Crippen LogP contribution in [0.2, 0.25) is 0 Å². The Bertz CT molecular complexity index is 259. The highest BCUT2D eigenvalue weighted by molar-refractivity contribution is 5.99. The van der Waals surface area contributed by atoms with E-state index in [2.05, 4.69) is 0 Å². The SMILES string of the molecule is O=C(O)C1(C(=O)O)C2CCCC1CCC2. The van der Waals surface area contributed by atoms with Gasteiger partial charge >= 0.3 is 11.9 Å². The fourth-order valence-electron chi connectivity index (χ4n) is 3.54. The first-order valence-corrected chi connectivity index (χ1v) is 5.57. The molecule has 2 rings (SSSR count). The second kappa shape index (κ2) is 3.51. The molecule has 0 aromatic rings. The van der Waals surface area contributed by atoms with Crippen molar-refractivity contribution in [2.75, 3.05) is 0 Å². The molecule has 2 aliphatic carbocycles. The van der Waals surface area contributed by atoms with Crippen molar-refractivity contribution in [3.8, 4) is 0 Å². The summed E-state index contributed by atoms with van der Waals surface area (Å²) in [4.78, 5) is 22.7. The first kappa shape index (κ1) is 10.5. The van der Waals surface area contributed by atoms with Crippen molar-refractivity contribution >= 4 is 11.9 Å². The number of hydrogen-bond donors (Lipinski definition) is 2. The molecule has 4 nitrogen and oxygen atoms in total. The summed E-state index contributed by atoms with van der Waals surface area (Å²) in [5.74, 6) is -2.55. The number of carbonyl (C=O) groups is 2. The Labute approximate surface area is 88.3 Å². The maximum absolute atomic E-state index is 11.4. The monoisotopic (exact) mass is 212 g/mol. The highest BCUT2D eigenvalue weighted by Gasteiger charge is 2.60. The van der Waals surface area contributed by atoms with Crippen LogP contribution >= 0.6 is 0 Å². The summed E-state index contributed by atoms with van der Waals surface area (Å²) >= 11 is 0. The van der Waals surface area contributed by atoms with E-state index in [1.54, 1.807) is 0 Å². The first-order valence-electron chi connectivity index (χ1n) is 5.57. The van der Waals surface area contributed by atoms with Crippen molar-refractivity contribution in [3.05, 3.63) is 0 Å². The molecule has 0 heterocycles. The highest BCUT2D eigenvalue weighted by Crippen LogP contribution is 2.53. The van der Waals surface area contributed by atoms with Crippen LogP contribution in [0.15, 0.2) is 0 Å². The van der Waals surface area contributed by atoms with Gasteiger partial charge in [0.15, 0.2) is 5.41 Å². The van der Waals surface area contributed by atoms with Gasteiger partial charge in [-0.2, -0.15) is 0 Å². The summed E-state index contributed by atoms with van der Waals surface area (Å²) in [5, 5.41) is 18.6. The van der Waals surface area contributed by atoms with Crippen molar-refractivity contribution in [1.29, 1.82) is 0 Å². The normalized spacial score (nSPS) is 33.3. The molecule has 0 atom stereocenters.